The van der Waals surface area contributed by atoms with Crippen LogP contribution in [0.25, 0.3) is 0 Å². The second-order valence-corrected chi connectivity index (χ2v) is 7.84. The fourth-order valence-electron chi connectivity index (χ4n) is 3.38. The van der Waals surface area contributed by atoms with Crippen molar-refractivity contribution in [3.05, 3.63) is 39.4 Å². The summed E-state index contributed by atoms with van der Waals surface area (Å²) in [7, 11) is -3.23. The fourth-order valence-corrected chi connectivity index (χ4v) is 5.24. The minimum atomic E-state index is -3.23. The Morgan fingerprint density at radius 2 is 1.95 bits per heavy atom. The van der Waals surface area contributed by atoms with Crippen molar-refractivity contribution in [2.24, 2.45) is 5.92 Å². The molecule has 7 heteroatoms. The zero-order valence-corrected chi connectivity index (χ0v) is 12.5. The van der Waals surface area contributed by atoms with Crippen LogP contribution in [0.15, 0.2) is 18.2 Å². The molecule has 0 amide bonds. The standard InChI is InChI=1S/C14H18N2O4S/c17-16(18)14-5-3-4-12-8-11(9-13(12)14)10-21(19,20)15-6-1-2-7-15/h3-5,11H,1-2,6-10H2/t11-/m0/s1. The summed E-state index contributed by atoms with van der Waals surface area (Å²) in [5.41, 5.74) is 1.75. The Kier molecular flexibility index (Phi) is 3.71. The summed E-state index contributed by atoms with van der Waals surface area (Å²) < 4.78 is 26.3. The number of rotatable bonds is 4. The zero-order valence-electron chi connectivity index (χ0n) is 11.7. The number of nitrogens with zero attached hydrogens (tertiary/aromatic N) is 2. The number of fused-ring (bicyclic) bond motifs is 1. The zero-order chi connectivity index (χ0) is 15.0. The highest BCUT2D eigenvalue weighted by Gasteiger charge is 2.34. The third kappa shape index (κ3) is 2.80. The molecule has 2 aliphatic rings. The summed E-state index contributed by atoms with van der Waals surface area (Å²) in [4.78, 5) is 10.7. The SMILES string of the molecule is O=[N+]([O-])c1cccc2c1C[C@@H](CS(=O)(=O)N1CCCC1)C2. The van der Waals surface area contributed by atoms with E-state index in [9.17, 15) is 18.5 Å². The molecular weight excluding hydrogens is 292 g/mol. The van der Waals surface area contributed by atoms with Crippen LogP contribution in [0.1, 0.15) is 24.0 Å². The average Bonchev–Trinajstić information content (AvgIpc) is 3.06. The predicted molar refractivity (Wildman–Crippen MR) is 78.6 cm³/mol. The van der Waals surface area contributed by atoms with Gasteiger partial charge in [0.05, 0.1) is 10.7 Å². The maximum atomic E-state index is 12.4. The Balaban J connectivity index is 1.76. The number of nitro groups is 1. The quantitative estimate of drug-likeness (QED) is 0.626. The molecule has 114 valence electrons. The van der Waals surface area contributed by atoms with Gasteiger partial charge < -0.3 is 0 Å². The van der Waals surface area contributed by atoms with Gasteiger partial charge in [-0.1, -0.05) is 12.1 Å². The third-order valence-electron chi connectivity index (χ3n) is 4.35. The Labute approximate surface area is 124 Å². The Morgan fingerprint density at radius 3 is 2.62 bits per heavy atom. The first-order valence-corrected chi connectivity index (χ1v) is 8.81. The van der Waals surface area contributed by atoms with Crippen molar-refractivity contribution in [3.8, 4) is 0 Å². The molecule has 0 saturated carbocycles. The molecular formula is C14H18N2O4S. The number of sulfonamides is 1. The molecule has 1 saturated heterocycles. The van der Waals surface area contributed by atoms with Crippen LogP contribution >= 0.6 is 0 Å². The third-order valence-corrected chi connectivity index (χ3v) is 6.40. The van der Waals surface area contributed by atoms with Gasteiger partial charge in [0.1, 0.15) is 0 Å². The first-order chi connectivity index (χ1) is 9.97. The fraction of sp³-hybridized carbons (Fsp3) is 0.571. The van der Waals surface area contributed by atoms with E-state index in [1.807, 2.05) is 6.07 Å². The van der Waals surface area contributed by atoms with Crippen molar-refractivity contribution in [2.75, 3.05) is 18.8 Å². The smallest absolute Gasteiger partial charge is 0.258 e. The van der Waals surface area contributed by atoms with E-state index in [0.29, 0.717) is 31.5 Å². The largest absolute Gasteiger partial charge is 0.272 e. The molecule has 1 aromatic carbocycles. The lowest BCUT2D eigenvalue weighted by Gasteiger charge is -2.18. The normalized spacial score (nSPS) is 22.4. The van der Waals surface area contributed by atoms with E-state index < -0.39 is 10.0 Å². The molecule has 0 spiro atoms. The Hall–Kier alpha value is -1.47. The molecule has 1 fully saturated rings. The second kappa shape index (κ2) is 5.38. The minimum absolute atomic E-state index is 0.0494. The molecule has 3 rings (SSSR count). The Bertz CT molecular complexity index is 666. The summed E-state index contributed by atoms with van der Waals surface area (Å²) in [6.07, 6.45) is 2.95. The first kappa shape index (κ1) is 14.5. The van der Waals surface area contributed by atoms with Crippen LogP contribution in [-0.4, -0.2) is 36.5 Å². The van der Waals surface area contributed by atoms with Gasteiger partial charge >= 0.3 is 0 Å². The van der Waals surface area contributed by atoms with Gasteiger partial charge in [-0.15, -0.1) is 0 Å². The highest BCUT2D eigenvalue weighted by Crippen LogP contribution is 2.34. The highest BCUT2D eigenvalue weighted by molar-refractivity contribution is 7.89. The van der Waals surface area contributed by atoms with Crippen molar-refractivity contribution in [3.63, 3.8) is 0 Å². The van der Waals surface area contributed by atoms with E-state index in [1.165, 1.54) is 6.07 Å². The average molecular weight is 310 g/mol. The van der Waals surface area contributed by atoms with Gasteiger partial charge in [-0.3, -0.25) is 10.1 Å². The minimum Gasteiger partial charge on any atom is -0.258 e. The lowest BCUT2D eigenvalue weighted by atomic mass is 10.1. The number of hydrogen-bond donors (Lipinski definition) is 0. The molecule has 0 unspecified atom stereocenters. The number of hydrogen-bond acceptors (Lipinski definition) is 4. The van der Waals surface area contributed by atoms with Gasteiger partial charge in [0, 0.05) is 24.7 Å². The predicted octanol–water partition coefficient (Wildman–Crippen LogP) is 1.74. The molecule has 1 aliphatic heterocycles. The van der Waals surface area contributed by atoms with Gasteiger partial charge in [-0.2, -0.15) is 0 Å². The van der Waals surface area contributed by atoms with E-state index >= 15 is 0 Å². The number of nitro benzene ring substituents is 1. The van der Waals surface area contributed by atoms with Crippen molar-refractivity contribution < 1.29 is 13.3 Å². The summed E-state index contributed by atoms with van der Waals surface area (Å²) >= 11 is 0. The van der Waals surface area contributed by atoms with Crippen LogP contribution in [0, 0.1) is 16.0 Å². The summed E-state index contributed by atoms with van der Waals surface area (Å²) in [5, 5.41) is 11.0. The molecule has 1 heterocycles. The van der Waals surface area contributed by atoms with Gasteiger partial charge in [0.15, 0.2) is 0 Å². The van der Waals surface area contributed by atoms with Crippen LogP contribution in [0.2, 0.25) is 0 Å². The Morgan fingerprint density at radius 1 is 1.24 bits per heavy atom. The van der Waals surface area contributed by atoms with Crippen LogP contribution in [-0.2, 0) is 22.9 Å². The molecule has 1 aromatic rings. The maximum Gasteiger partial charge on any atom is 0.272 e. The van der Waals surface area contributed by atoms with Crippen molar-refractivity contribution in [1.29, 1.82) is 0 Å². The lowest BCUT2D eigenvalue weighted by Crippen LogP contribution is -2.33. The van der Waals surface area contributed by atoms with Crippen molar-refractivity contribution >= 4 is 15.7 Å². The topological polar surface area (TPSA) is 80.5 Å². The van der Waals surface area contributed by atoms with Gasteiger partial charge in [0.2, 0.25) is 10.0 Å². The van der Waals surface area contributed by atoms with Gasteiger partial charge in [-0.05, 0) is 37.2 Å². The molecule has 0 N–H and O–H groups in total. The van der Waals surface area contributed by atoms with Crippen LogP contribution < -0.4 is 0 Å². The summed E-state index contributed by atoms with van der Waals surface area (Å²) in [6.45, 7) is 1.23. The van der Waals surface area contributed by atoms with Crippen LogP contribution in [0.3, 0.4) is 0 Å². The molecule has 1 atom stereocenters. The second-order valence-electron chi connectivity index (χ2n) is 5.83. The number of benzene rings is 1. The first-order valence-electron chi connectivity index (χ1n) is 7.20. The summed E-state index contributed by atoms with van der Waals surface area (Å²) in [6, 6.07) is 5.04. The van der Waals surface area contributed by atoms with Gasteiger partial charge in [-0.25, -0.2) is 12.7 Å². The van der Waals surface area contributed by atoms with Crippen LogP contribution in [0.5, 0.6) is 0 Å². The van der Waals surface area contributed by atoms with E-state index in [1.54, 1.807) is 10.4 Å². The highest BCUT2D eigenvalue weighted by atomic mass is 32.2. The van der Waals surface area contributed by atoms with E-state index in [4.69, 9.17) is 0 Å². The molecule has 0 bridgehead atoms. The molecule has 21 heavy (non-hydrogen) atoms. The molecule has 0 aromatic heterocycles. The van der Waals surface area contributed by atoms with Crippen LogP contribution in [0.4, 0.5) is 5.69 Å². The summed E-state index contributed by atoms with van der Waals surface area (Å²) in [5.74, 6) is 0.0467. The lowest BCUT2D eigenvalue weighted by molar-refractivity contribution is -0.385. The van der Waals surface area contributed by atoms with Crippen molar-refractivity contribution in [2.45, 2.75) is 25.7 Å². The van der Waals surface area contributed by atoms with Crippen molar-refractivity contribution in [1.82, 2.24) is 4.31 Å². The van der Waals surface area contributed by atoms with E-state index in [2.05, 4.69) is 0 Å². The molecule has 6 nitrogen and oxygen atoms in total. The monoisotopic (exact) mass is 310 g/mol. The van der Waals surface area contributed by atoms with E-state index in [0.717, 1.165) is 18.4 Å². The molecule has 0 radical (unpaired) electrons. The maximum absolute atomic E-state index is 12.4. The van der Waals surface area contributed by atoms with E-state index in [-0.39, 0.29) is 22.3 Å². The molecule has 1 aliphatic carbocycles. The van der Waals surface area contributed by atoms with Gasteiger partial charge in [0.25, 0.3) is 5.69 Å².